The Hall–Kier alpha value is -1.97. The lowest BCUT2D eigenvalue weighted by Gasteiger charge is -2.05. The SMILES string of the molecule is CCc1cccnc1C(=O)Cc1cc(C)nn1C. The zero-order chi connectivity index (χ0) is 13.1. The molecule has 2 aromatic rings. The van der Waals surface area contributed by atoms with Gasteiger partial charge in [-0.1, -0.05) is 13.0 Å². The van der Waals surface area contributed by atoms with Crippen molar-refractivity contribution in [3.05, 3.63) is 47.0 Å². The molecular formula is C14H17N3O. The Balaban J connectivity index is 2.24. The standard InChI is InChI=1S/C14H17N3O/c1-4-11-6-5-7-15-14(11)13(18)9-12-8-10(2)16-17(12)3/h5-8H,4,9H2,1-3H3. The van der Waals surface area contributed by atoms with E-state index in [4.69, 9.17) is 0 Å². The van der Waals surface area contributed by atoms with Gasteiger partial charge in [0.25, 0.3) is 0 Å². The number of pyridine rings is 1. The van der Waals surface area contributed by atoms with Gasteiger partial charge in [0.15, 0.2) is 5.78 Å². The molecular weight excluding hydrogens is 226 g/mol. The molecule has 0 aromatic carbocycles. The van der Waals surface area contributed by atoms with Gasteiger partial charge in [-0.15, -0.1) is 0 Å². The number of nitrogens with zero attached hydrogens (tertiary/aromatic N) is 3. The predicted octanol–water partition coefficient (Wildman–Crippen LogP) is 2.11. The summed E-state index contributed by atoms with van der Waals surface area (Å²) in [6.07, 6.45) is 2.83. The highest BCUT2D eigenvalue weighted by molar-refractivity contribution is 5.96. The Morgan fingerprint density at radius 2 is 2.22 bits per heavy atom. The van der Waals surface area contributed by atoms with Crippen LogP contribution in [0.4, 0.5) is 0 Å². The molecule has 0 amide bonds. The van der Waals surface area contributed by atoms with Crippen LogP contribution in [0.5, 0.6) is 0 Å². The fraction of sp³-hybridized carbons (Fsp3) is 0.357. The molecule has 0 unspecified atom stereocenters. The number of ketones is 1. The normalized spacial score (nSPS) is 10.6. The van der Waals surface area contributed by atoms with Crippen LogP contribution in [0, 0.1) is 6.92 Å². The fourth-order valence-corrected chi connectivity index (χ4v) is 2.05. The highest BCUT2D eigenvalue weighted by Crippen LogP contribution is 2.11. The number of hydrogen-bond acceptors (Lipinski definition) is 3. The van der Waals surface area contributed by atoms with Crippen molar-refractivity contribution in [2.75, 3.05) is 0 Å². The number of aryl methyl sites for hydroxylation is 3. The first-order valence-corrected chi connectivity index (χ1v) is 6.08. The average Bonchev–Trinajstić information content (AvgIpc) is 2.67. The van der Waals surface area contributed by atoms with Gasteiger partial charge in [0, 0.05) is 18.9 Å². The van der Waals surface area contributed by atoms with Gasteiger partial charge >= 0.3 is 0 Å². The summed E-state index contributed by atoms with van der Waals surface area (Å²) in [6, 6.07) is 5.75. The number of hydrogen-bond donors (Lipinski definition) is 0. The lowest BCUT2D eigenvalue weighted by molar-refractivity contribution is 0.0985. The summed E-state index contributed by atoms with van der Waals surface area (Å²) >= 11 is 0. The Bertz CT molecular complexity index is 572. The van der Waals surface area contributed by atoms with E-state index in [-0.39, 0.29) is 5.78 Å². The van der Waals surface area contributed by atoms with Crippen molar-refractivity contribution in [1.29, 1.82) is 0 Å². The molecule has 0 aliphatic rings. The smallest absolute Gasteiger partial charge is 0.187 e. The van der Waals surface area contributed by atoms with Crippen LogP contribution in [-0.2, 0) is 19.9 Å². The number of carbonyl (C=O) groups is 1. The van der Waals surface area contributed by atoms with Crippen LogP contribution >= 0.6 is 0 Å². The van der Waals surface area contributed by atoms with Crippen LogP contribution < -0.4 is 0 Å². The Morgan fingerprint density at radius 3 is 2.83 bits per heavy atom. The maximum absolute atomic E-state index is 12.3. The van der Waals surface area contributed by atoms with E-state index < -0.39 is 0 Å². The first-order chi connectivity index (χ1) is 8.61. The third-order valence-corrected chi connectivity index (χ3v) is 2.98. The summed E-state index contributed by atoms with van der Waals surface area (Å²) in [4.78, 5) is 16.5. The van der Waals surface area contributed by atoms with Crippen LogP contribution in [0.3, 0.4) is 0 Å². The quantitative estimate of drug-likeness (QED) is 0.773. The molecule has 0 bridgehead atoms. The van der Waals surface area contributed by atoms with E-state index in [2.05, 4.69) is 10.1 Å². The first-order valence-electron chi connectivity index (χ1n) is 6.08. The molecule has 4 nitrogen and oxygen atoms in total. The summed E-state index contributed by atoms with van der Waals surface area (Å²) in [5, 5.41) is 4.24. The number of aromatic nitrogens is 3. The van der Waals surface area contributed by atoms with Gasteiger partial charge in [-0.25, -0.2) is 0 Å². The summed E-state index contributed by atoms with van der Waals surface area (Å²) in [7, 11) is 1.86. The number of rotatable bonds is 4. The number of carbonyl (C=O) groups excluding carboxylic acids is 1. The monoisotopic (exact) mass is 243 g/mol. The van der Waals surface area contributed by atoms with Crippen molar-refractivity contribution in [2.45, 2.75) is 26.7 Å². The van der Waals surface area contributed by atoms with Crippen LogP contribution in [0.1, 0.15) is 34.4 Å². The highest BCUT2D eigenvalue weighted by atomic mass is 16.1. The molecule has 2 aromatic heterocycles. The van der Waals surface area contributed by atoms with E-state index in [1.807, 2.05) is 39.1 Å². The molecule has 94 valence electrons. The van der Waals surface area contributed by atoms with Crippen molar-refractivity contribution in [1.82, 2.24) is 14.8 Å². The van der Waals surface area contributed by atoms with Crippen LogP contribution in [-0.4, -0.2) is 20.5 Å². The summed E-state index contributed by atoms with van der Waals surface area (Å²) in [5.41, 5.74) is 3.43. The van der Waals surface area contributed by atoms with Crippen molar-refractivity contribution in [3.63, 3.8) is 0 Å². The summed E-state index contributed by atoms with van der Waals surface area (Å²) in [5.74, 6) is 0.0513. The second-order valence-electron chi connectivity index (χ2n) is 4.37. The largest absolute Gasteiger partial charge is 0.292 e. The molecule has 0 N–H and O–H groups in total. The van der Waals surface area contributed by atoms with E-state index in [0.717, 1.165) is 23.4 Å². The van der Waals surface area contributed by atoms with Crippen molar-refractivity contribution >= 4 is 5.78 Å². The molecule has 0 spiro atoms. The first kappa shape index (κ1) is 12.5. The summed E-state index contributed by atoms with van der Waals surface area (Å²) < 4.78 is 1.75. The molecule has 18 heavy (non-hydrogen) atoms. The Labute approximate surface area is 107 Å². The second-order valence-corrected chi connectivity index (χ2v) is 4.37. The maximum atomic E-state index is 12.3. The molecule has 0 radical (unpaired) electrons. The van der Waals surface area contributed by atoms with Crippen molar-refractivity contribution in [2.24, 2.45) is 7.05 Å². The molecule has 4 heteroatoms. The zero-order valence-corrected chi connectivity index (χ0v) is 11.0. The van der Waals surface area contributed by atoms with Crippen molar-refractivity contribution < 1.29 is 4.79 Å². The van der Waals surface area contributed by atoms with Gasteiger partial charge in [0.1, 0.15) is 5.69 Å². The molecule has 0 saturated carbocycles. The second kappa shape index (κ2) is 5.12. The van der Waals surface area contributed by atoms with E-state index >= 15 is 0 Å². The van der Waals surface area contributed by atoms with E-state index in [1.165, 1.54) is 0 Å². The Kier molecular flexibility index (Phi) is 3.55. The van der Waals surface area contributed by atoms with Crippen LogP contribution in [0.15, 0.2) is 24.4 Å². The predicted molar refractivity (Wildman–Crippen MR) is 69.6 cm³/mol. The highest BCUT2D eigenvalue weighted by Gasteiger charge is 2.14. The van der Waals surface area contributed by atoms with Gasteiger partial charge in [0.2, 0.25) is 0 Å². The zero-order valence-electron chi connectivity index (χ0n) is 11.0. The van der Waals surface area contributed by atoms with Crippen LogP contribution in [0.25, 0.3) is 0 Å². The number of Topliss-reactive ketones (excluding diaryl/α,β-unsaturated/α-hetero) is 1. The maximum Gasteiger partial charge on any atom is 0.187 e. The molecule has 2 rings (SSSR count). The van der Waals surface area contributed by atoms with E-state index in [0.29, 0.717) is 12.1 Å². The molecule has 2 heterocycles. The van der Waals surface area contributed by atoms with Gasteiger partial charge in [-0.2, -0.15) is 5.10 Å². The van der Waals surface area contributed by atoms with Gasteiger partial charge in [0.05, 0.1) is 12.1 Å². The van der Waals surface area contributed by atoms with Crippen molar-refractivity contribution in [3.8, 4) is 0 Å². The third-order valence-electron chi connectivity index (χ3n) is 2.98. The molecule has 0 fully saturated rings. The molecule has 0 atom stereocenters. The minimum Gasteiger partial charge on any atom is -0.292 e. The minimum atomic E-state index is 0.0513. The molecule has 0 aliphatic heterocycles. The topological polar surface area (TPSA) is 47.8 Å². The average molecular weight is 243 g/mol. The third kappa shape index (κ3) is 2.47. The molecule has 0 saturated heterocycles. The lowest BCUT2D eigenvalue weighted by Crippen LogP contribution is -2.11. The van der Waals surface area contributed by atoms with E-state index in [9.17, 15) is 4.79 Å². The minimum absolute atomic E-state index is 0.0513. The van der Waals surface area contributed by atoms with E-state index in [1.54, 1.807) is 10.9 Å². The van der Waals surface area contributed by atoms with Gasteiger partial charge in [-0.05, 0) is 31.0 Å². The van der Waals surface area contributed by atoms with Crippen LogP contribution in [0.2, 0.25) is 0 Å². The lowest BCUT2D eigenvalue weighted by atomic mass is 10.0. The molecule has 0 aliphatic carbocycles. The van der Waals surface area contributed by atoms with Gasteiger partial charge in [-0.3, -0.25) is 14.5 Å². The Morgan fingerprint density at radius 1 is 1.44 bits per heavy atom. The summed E-state index contributed by atoms with van der Waals surface area (Å²) in [6.45, 7) is 3.95. The van der Waals surface area contributed by atoms with Gasteiger partial charge < -0.3 is 0 Å². The fourth-order valence-electron chi connectivity index (χ4n) is 2.05.